The zero-order chi connectivity index (χ0) is 22.6. The highest BCUT2D eigenvalue weighted by Gasteiger charge is 2.35. The second-order valence-electron chi connectivity index (χ2n) is 6.54. The summed E-state index contributed by atoms with van der Waals surface area (Å²) in [4.78, 5) is 26.2. The number of aliphatic hydroxyl groups excluding tert-OH is 1. The Morgan fingerprint density at radius 1 is 1.16 bits per heavy atom. The fourth-order valence-electron chi connectivity index (χ4n) is 3.16. The van der Waals surface area contributed by atoms with Gasteiger partial charge >= 0.3 is 12.3 Å². The van der Waals surface area contributed by atoms with Gasteiger partial charge in [0.05, 0.1) is 25.8 Å². The molecule has 164 valence electrons. The SMILES string of the molecule is COC(=O)C1=C(Nc2ccccc2-c2ccc(OC(F)(F)F)cc2)C(=O)N(CCO)C1. The predicted molar refractivity (Wildman–Crippen MR) is 105 cm³/mol. The number of anilines is 1. The molecule has 2 N–H and O–H groups in total. The molecule has 0 bridgehead atoms. The van der Waals surface area contributed by atoms with Crippen LogP contribution in [-0.4, -0.2) is 55.1 Å². The number of esters is 1. The van der Waals surface area contributed by atoms with E-state index in [1.165, 1.54) is 36.3 Å². The summed E-state index contributed by atoms with van der Waals surface area (Å²) in [5.74, 6) is -1.51. The molecular weight excluding hydrogens is 417 g/mol. The summed E-state index contributed by atoms with van der Waals surface area (Å²) >= 11 is 0. The minimum atomic E-state index is -4.79. The van der Waals surface area contributed by atoms with Gasteiger partial charge in [-0.2, -0.15) is 0 Å². The standard InChI is InChI=1S/C21H19F3N2O5/c1-30-20(29)16-12-26(10-11-27)19(28)18(16)25-17-5-3-2-4-15(17)13-6-8-14(9-7-13)31-21(22,23)24/h2-9,25,27H,10-12H2,1H3. The summed E-state index contributed by atoms with van der Waals surface area (Å²) in [6.07, 6.45) is -4.79. The highest BCUT2D eigenvalue weighted by atomic mass is 19.4. The molecule has 1 amide bonds. The van der Waals surface area contributed by atoms with E-state index in [0.29, 0.717) is 16.8 Å². The van der Waals surface area contributed by atoms with Gasteiger partial charge in [-0.15, -0.1) is 13.2 Å². The molecule has 0 radical (unpaired) electrons. The molecule has 0 unspecified atom stereocenters. The lowest BCUT2D eigenvalue weighted by Gasteiger charge is -2.16. The number of nitrogens with one attached hydrogen (secondary N) is 1. The van der Waals surface area contributed by atoms with E-state index >= 15 is 0 Å². The van der Waals surface area contributed by atoms with Gasteiger partial charge in [0.15, 0.2) is 0 Å². The number of para-hydroxylation sites is 1. The van der Waals surface area contributed by atoms with Crippen molar-refractivity contribution in [3.8, 4) is 16.9 Å². The fourth-order valence-corrected chi connectivity index (χ4v) is 3.16. The first-order valence-electron chi connectivity index (χ1n) is 9.17. The largest absolute Gasteiger partial charge is 0.573 e. The maximum atomic E-state index is 12.7. The van der Waals surface area contributed by atoms with Crippen LogP contribution in [0.15, 0.2) is 59.8 Å². The van der Waals surface area contributed by atoms with E-state index in [0.717, 1.165) is 0 Å². The van der Waals surface area contributed by atoms with Crippen LogP contribution in [0.2, 0.25) is 0 Å². The van der Waals surface area contributed by atoms with Crippen molar-refractivity contribution >= 4 is 17.6 Å². The van der Waals surface area contributed by atoms with Gasteiger partial charge in [0.25, 0.3) is 5.91 Å². The van der Waals surface area contributed by atoms with Gasteiger partial charge in [-0.1, -0.05) is 30.3 Å². The highest BCUT2D eigenvalue weighted by molar-refractivity contribution is 6.09. The number of β-amino-alcohol motifs (C(OH)–C–C–N with tert-alkyl or cyclic N) is 1. The van der Waals surface area contributed by atoms with Gasteiger partial charge in [-0.05, 0) is 23.8 Å². The molecule has 1 aliphatic heterocycles. The molecule has 0 spiro atoms. The molecule has 7 nitrogen and oxygen atoms in total. The third kappa shape index (κ3) is 5.15. The number of methoxy groups -OCH3 is 1. The molecular formula is C21H19F3N2O5. The average molecular weight is 436 g/mol. The van der Waals surface area contributed by atoms with Gasteiger partial charge < -0.3 is 24.8 Å². The molecule has 0 aliphatic carbocycles. The topological polar surface area (TPSA) is 88.1 Å². The van der Waals surface area contributed by atoms with Crippen molar-refractivity contribution in [3.63, 3.8) is 0 Å². The molecule has 1 aliphatic rings. The number of benzene rings is 2. The Hall–Kier alpha value is -3.53. The van der Waals surface area contributed by atoms with Crippen LogP contribution in [-0.2, 0) is 14.3 Å². The van der Waals surface area contributed by atoms with Crippen molar-refractivity contribution in [1.82, 2.24) is 4.90 Å². The smallest absolute Gasteiger partial charge is 0.466 e. The second-order valence-corrected chi connectivity index (χ2v) is 6.54. The number of halogens is 3. The van der Waals surface area contributed by atoms with Crippen molar-refractivity contribution < 1.29 is 37.3 Å². The molecule has 0 saturated heterocycles. The molecule has 0 saturated carbocycles. The summed E-state index contributed by atoms with van der Waals surface area (Å²) in [6.45, 7) is -0.233. The van der Waals surface area contributed by atoms with Gasteiger partial charge in [0, 0.05) is 17.8 Å². The number of hydrogen-bond acceptors (Lipinski definition) is 6. The molecule has 2 aromatic rings. The zero-order valence-electron chi connectivity index (χ0n) is 16.4. The summed E-state index contributed by atoms with van der Waals surface area (Å²) in [6, 6.07) is 12.1. The van der Waals surface area contributed by atoms with Crippen molar-refractivity contribution in [2.75, 3.05) is 32.1 Å². The first-order valence-corrected chi connectivity index (χ1v) is 9.17. The van der Waals surface area contributed by atoms with E-state index in [1.807, 2.05) is 0 Å². The number of alkyl halides is 3. The fraction of sp³-hybridized carbons (Fsp3) is 0.238. The van der Waals surface area contributed by atoms with E-state index in [-0.39, 0.29) is 36.7 Å². The Bertz CT molecular complexity index is 1000. The molecule has 0 fully saturated rings. The molecule has 3 rings (SSSR count). The number of carbonyl (C=O) groups excluding carboxylic acids is 2. The maximum absolute atomic E-state index is 12.7. The number of ether oxygens (including phenoxy) is 2. The molecule has 31 heavy (non-hydrogen) atoms. The van der Waals surface area contributed by atoms with Gasteiger partial charge in [-0.3, -0.25) is 4.79 Å². The summed E-state index contributed by atoms with van der Waals surface area (Å²) in [5, 5.41) is 12.1. The Balaban J connectivity index is 1.93. The van der Waals surface area contributed by atoms with Gasteiger partial charge in [-0.25, -0.2) is 4.79 Å². The van der Waals surface area contributed by atoms with Crippen molar-refractivity contribution in [3.05, 3.63) is 59.8 Å². The number of nitrogens with zero attached hydrogens (tertiary/aromatic N) is 1. The Kier molecular flexibility index (Phi) is 6.50. The third-order valence-corrected chi connectivity index (χ3v) is 4.54. The molecule has 10 heteroatoms. The Morgan fingerprint density at radius 2 is 1.84 bits per heavy atom. The predicted octanol–water partition coefficient (Wildman–Crippen LogP) is 2.93. The highest BCUT2D eigenvalue weighted by Crippen LogP contribution is 2.33. The van der Waals surface area contributed by atoms with Gasteiger partial charge in [0.2, 0.25) is 0 Å². The van der Waals surface area contributed by atoms with E-state index in [1.54, 1.807) is 24.3 Å². The van der Waals surface area contributed by atoms with Crippen LogP contribution >= 0.6 is 0 Å². The van der Waals surface area contributed by atoms with E-state index < -0.39 is 18.2 Å². The van der Waals surface area contributed by atoms with Crippen molar-refractivity contribution in [1.29, 1.82) is 0 Å². The lowest BCUT2D eigenvalue weighted by atomic mass is 10.0. The number of aliphatic hydroxyl groups is 1. The van der Waals surface area contributed by atoms with Crippen LogP contribution in [0.3, 0.4) is 0 Å². The van der Waals surface area contributed by atoms with Crippen LogP contribution in [0.4, 0.5) is 18.9 Å². The van der Waals surface area contributed by atoms with Gasteiger partial charge in [0.1, 0.15) is 11.4 Å². The number of amides is 1. The lowest BCUT2D eigenvalue weighted by molar-refractivity contribution is -0.274. The Labute approximate surface area is 175 Å². The quantitative estimate of drug-likeness (QED) is 0.649. The minimum absolute atomic E-state index is 0.0138. The van der Waals surface area contributed by atoms with E-state index in [4.69, 9.17) is 9.84 Å². The summed E-state index contributed by atoms with van der Waals surface area (Å²) < 4.78 is 45.8. The number of carbonyl (C=O) groups is 2. The number of hydrogen-bond donors (Lipinski definition) is 2. The van der Waals surface area contributed by atoms with E-state index in [9.17, 15) is 22.8 Å². The molecule has 0 atom stereocenters. The molecule has 1 heterocycles. The normalized spacial score (nSPS) is 14.1. The van der Waals surface area contributed by atoms with E-state index in [2.05, 4.69) is 10.1 Å². The molecule has 0 aromatic heterocycles. The zero-order valence-corrected chi connectivity index (χ0v) is 16.4. The van der Waals surface area contributed by atoms with Crippen molar-refractivity contribution in [2.45, 2.75) is 6.36 Å². The summed E-state index contributed by atoms with van der Waals surface area (Å²) in [5.41, 5.74) is 1.75. The van der Waals surface area contributed by atoms with Crippen LogP contribution in [0, 0.1) is 0 Å². The first kappa shape index (κ1) is 22.2. The average Bonchev–Trinajstić information content (AvgIpc) is 3.03. The third-order valence-electron chi connectivity index (χ3n) is 4.54. The molecule has 2 aromatic carbocycles. The number of rotatable bonds is 7. The lowest BCUT2D eigenvalue weighted by Crippen LogP contribution is -2.31. The minimum Gasteiger partial charge on any atom is -0.466 e. The first-order chi connectivity index (χ1) is 14.7. The summed E-state index contributed by atoms with van der Waals surface area (Å²) in [7, 11) is 1.20. The van der Waals surface area contributed by atoms with Crippen LogP contribution in [0.5, 0.6) is 5.75 Å². The van der Waals surface area contributed by atoms with Crippen molar-refractivity contribution in [2.24, 2.45) is 0 Å². The van der Waals surface area contributed by atoms with Crippen LogP contribution in [0.25, 0.3) is 11.1 Å². The Morgan fingerprint density at radius 3 is 2.45 bits per heavy atom. The maximum Gasteiger partial charge on any atom is 0.573 e. The van der Waals surface area contributed by atoms with Crippen LogP contribution < -0.4 is 10.1 Å². The van der Waals surface area contributed by atoms with Crippen LogP contribution in [0.1, 0.15) is 0 Å². The second kappa shape index (κ2) is 9.09. The monoisotopic (exact) mass is 436 g/mol.